The first-order chi connectivity index (χ1) is 13.5. The molecule has 140 valence electrons. The number of hydrogen-bond donors (Lipinski definition) is 0. The summed E-state index contributed by atoms with van der Waals surface area (Å²) in [4.78, 5) is 26.9. The van der Waals surface area contributed by atoms with Crippen LogP contribution >= 0.6 is 0 Å². The lowest BCUT2D eigenvalue weighted by Gasteiger charge is -2.13. The van der Waals surface area contributed by atoms with Gasteiger partial charge in [-0.05, 0) is 35.4 Å². The summed E-state index contributed by atoms with van der Waals surface area (Å²) in [5.41, 5.74) is 2.35. The van der Waals surface area contributed by atoms with E-state index < -0.39 is 0 Å². The average molecular weight is 375 g/mol. The summed E-state index contributed by atoms with van der Waals surface area (Å²) < 4.78 is 16.2. The molecule has 3 heterocycles. The van der Waals surface area contributed by atoms with E-state index in [2.05, 4.69) is 15.0 Å². The summed E-state index contributed by atoms with van der Waals surface area (Å²) in [5.74, 6) is 0.424. The highest BCUT2D eigenvalue weighted by molar-refractivity contribution is 5.75. The van der Waals surface area contributed by atoms with E-state index in [9.17, 15) is 9.18 Å². The molecule has 0 spiro atoms. The first-order valence-electron chi connectivity index (χ1n) is 8.74. The SMILES string of the molecule is CN(C)c1cc(-c2ccc(Cn3cnc4cnccc4c3=O)c(F)c2)ccn1. The summed E-state index contributed by atoms with van der Waals surface area (Å²) in [6, 6.07) is 10.4. The van der Waals surface area contributed by atoms with E-state index in [1.165, 1.54) is 23.2 Å². The standard InChI is InChI=1S/C21H18FN5O/c1-26(2)20-10-15(5-8-24-20)14-3-4-16(18(22)9-14)12-27-13-25-19-11-23-7-6-17(19)21(27)28/h3-11,13H,12H2,1-2H3. The first kappa shape index (κ1) is 17.8. The second kappa shape index (κ2) is 7.19. The first-order valence-corrected chi connectivity index (χ1v) is 8.74. The fraction of sp³-hybridized carbons (Fsp3) is 0.143. The topological polar surface area (TPSA) is 63.9 Å². The maximum absolute atomic E-state index is 14.8. The Hall–Kier alpha value is -3.61. The predicted molar refractivity (Wildman–Crippen MR) is 107 cm³/mol. The highest BCUT2D eigenvalue weighted by Gasteiger charge is 2.10. The van der Waals surface area contributed by atoms with Crippen LogP contribution in [0.5, 0.6) is 0 Å². The van der Waals surface area contributed by atoms with Crippen LogP contribution in [0.1, 0.15) is 5.56 Å². The van der Waals surface area contributed by atoms with Gasteiger partial charge in [-0.15, -0.1) is 0 Å². The molecule has 28 heavy (non-hydrogen) atoms. The molecule has 4 rings (SSSR count). The van der Waals surface area contributed by atoms with Crippen molar-refractivity contribution in [3.8, 4) is 11.1 Å². The largest absolute Gasteiger partial charge is 0.363 e. The number of nitrogens with zero attached hydrogens (tertiary/aromatic N) is 5. The number of halogens is 1. The van der Waals surface area contributed by atoms with Crippen molar-refractivity contribution in [1.82, 2.24) is 19.5 Å². The van der Waals surface area contributed by atoms with E-state index in [1.807, 2.05) is 37.2 Å². The fourth-order valence-electron chi connectivity index (χ4n) is 3.00. The Morgan fingerprint density at radius 3 is 2.64 bits per heavy atom. The molecule has 0 unspecified atom stereocenters. The van der Waals surface area contributed by atoms with Gasteiger partial charge in [0.2, 0.25) is 0 Å². The molecule has 0 bridgehead atoms. The molecule has 0 amide bonds. The summed E-state index contributed by atoms with van der Waals surface area (Å²) in [6.07, 6.45) is 6.20. The molecule has 0 N–H and O–H groups in total. The van der Waals surface area contributed by atoms with Crippen molar-refractivity contribution in [2.75, 3.05) is 19.0 Å². The molecule has 0 aliphatic heterocycles. The number of benzene rings is 1. The third kappa shape index (κ3) is 3.34. The Kier molecular flexibility index (Phi) is 4.57. The van der Waals surface area contributed by atoms with Crippen LogP contribution in [0.25, 0.3) is 22.0 Å². The smallest absolute Gasteiger partial charge is 0.261 e. The van der Waals surface area contributed by atoms with Gasteiger partial charge in [-0.3, -0.25) is 14.3 Å². The fourth-order valence-corrected chi connectivity index (χ4v) is 3.00. The van der Waals surface area contributed by atoms with Crippen LogP contribution in [0.15, 0.2) is 66.1 Å². The van der Waals surface area contributed by atoms with Gasteiger partial charge in [-0.2, -0.15) is 0 Å². The number of aromatic nitrogens is 4. The maximum atomic E-state index is 14.8. The van der Waals surface area contributed by atoms with E-state index in [-0.39, 0.29) is 17.9 Å². The van der Waals surface area contributed by atoms with Crippen molar-refractivity contribution in [3.63, 3.8) is 0 Å². The van der Waals surface area contributed by atoms with Crippen LogP contribution in [-0.4, -0.2) is 33.6 Å². The molecule has 0 atom stereocenters. The van der Waals surface area contributed by atoms with E-state index in [0.29, 0.717) is 16.5 Å². The van der Waals surface area contributed by atoms with Crippen molar-refractivity contribution in [3.05, 3.63) is 83.1 Å². The number of anilines is 1. The zero-order valence-electron chi connectivity index (χ0n) is 15.5. The van der Waals surface area contributed by atoms with E-state index in [4.69, 9.17) is 0 Å². The molecule has 3 aromatic heterocycles. The van der Waals surface area contributed by atoms with Gasteiger partial charge in [-0.25, -0.2) is 14.4 Å². The second-order valence-corrected chi connectivity index (χ2v) is 6.67. The van der Waals surface area contributed by atoms with Crippen molar-refractivity contribution < 1.29 is 4.39 Å². The lowest BCUT2D eigenvalue weighted by Crippen LogP contribution is -2.21. The molecule has 0 saturated heterocycles. The van der Waals surface area contributed by atoms with Gasteiger partial charge in [0.1, 0.15) is 11.6 Å². The monoisotopic (exact) mass is 375 g/mol. The van der Waals surface area contributed by atoms with Gasteiger partial charge in [-0.1, -0.05) is 12.1 Å². The van der Waals surface area contributed by atoms with Gasteiger partial charge in [0.25, 0.3) is 5.56 Å². The molecule has 0 saturated carbocycles. The molecular formula is C21H18FN5O. The summed E-state index contributed by atoms with van der Waals surface area (Å²) in [6.45, 7) is 0.107. The molecule has 4 aromatic rings. The van der Waals surface area contributed by atoms with Crippen LogP contribution in [-0.2, 0) is 6.54 Å². The van der Waals surface area contributed by atoms with Crippen LogP contribution in [0.3, 0.4) is 0 Å². The van der Waals surface area contributed by atoms with Crippen molar-refractivity contribution >= 4 is 16.7 Å². The Bertz CT molecular complexity index is 1220. The Morgan fingerprint density at radius 1 is 1.04 bits per heavy atom. The van der Waals surface area contributed by atoms with Crippen molar-refractivity contribution in [2.24, 2.45) is 0 Å². The number of pyridine rings is 2. The summed E-state index contributed by atoms with van der Waals surface area (Å²) >= 11 is 0. The van der Waals surface area contributed by atoms with Crippen LogP contribution < -0.4 is 10.5 Å². The van der Waals surface area contributed by atoms with Gasteiger partial charge >= 0.3 is 0 Å². The second-order valence-electron chi connectivity index (χ2n) is 6.67. The maximum Gasteiger partial charge on any atom is 0.261 e. The molecule has 1 aromatic carbocycles. The average Bonchev–Trinajstić information content (AvgIpc) is 2.71. The summed E-state index contributed by atoms with van der Waals surface area (Å²) in [5, 5.41) is 0.461. The third-order valence-electron chi connectivity index (χ3n) is 4.56. The molecule has 0 radical (unpaired) electrons. The minimum atomic E-state index is -0.373. The molecule has 0 aliphatic rings. The zero-order valence-corrected chi connectivity index (χ0v) is 15.5. The zero-order chi connectivity index (χ0) is 19.7. The Morgan fingerprint density at radius 2 is 1.86 bits per heavy atom. The number of rotatable bonds is 4. The highest BCUT2D eigenvalue weighted by Crippen LogP contribution is 2.24. The molecule has 0 aliphatic carbocycles. The Labute approximate surface area is 160 Å². The van der Waals surface area contributed by atoms with Crippen molar-refractivity contribution in [2.45, 2.75) is 6.54 Å². The lowest BCUT2D eigenvalue weighted by atomic mass is 10.0. The van der Waals surface area contributed by atoms with Crippen LogP contribution in [0.2, 0.25) is 0 Å². The van der Waals surface area contributed by atoms with Crippen LogP contribution in [0.4, 0.5) is 10.2 Å². The normalized spacial score (nSPS) is 11.0. The number of fused-ring (bicyclic) bond motifs is 1. The van der Waals surface area contributed by atoms with Crippen molar-refractivity contribution in [1.29, 1.82) is 0 Å². The van der Waals surface area contributed by atoms with E-state index in [0.717, 1.165) is 16.9 Å². The van der Waals surface area contributed by atoms with Gasteiger partial charge < -0.3 is 4.90 Å². The minimum Gasteiger partial charge on any atom is -0.363 e. The molecule has 6 nitrogen and oxygen atoms in total. The predicted octanol–water partition coefficient (Wildman–Crippen LogP) is 3.11. The highest BCUT2D eigenvalue weighted by atomic mass is 19.1. The minimum absolute atomic E-state index is 0.107. The molecular weight excluding hydrogens is 357 g/mol. The third-order valence-corrected chi connectivity index (χ3v) is 4.56. The Balaban J connectivity index is 1.67. The molecule has 0 fully saturated rings. The van der Waals surface area contributed by atoms with E-state index >= 15 is 0 Å². The van der Waals surface area contributed by atoms with Crippen LogP contribution in [0, 0.1) is 5.82 Å². The number of hydrogen-bond acceptors (Lipinski definition) is 5. The summed E-state index contributed by atoms with van der Waals surface area (Å²) in [7, 11) is 3.81. The van der Waals surface area contributed by atoms with Gasteiger partial charge in [0.15, 0.2) is 0 Å². The molecule has 7 heteroatoms. The van der Waals surface area contributed by atoms with E-state index in [1.54, 1.807) is 24.5 Å². The quantitative estimate of drug-likeness (QED) is 0.548. The van der Waals surface area contributed by atoms with Gasteiger partial charge in [0.05, 0.1) is 30.0 Å². The lowest BCUT2D eigenvalue weighted by molar-refractivity contribution is 0.596. The van der Waals surface area contributed by atoms with Gasteiger partial charge in [0, 0.05) is 32.1 Å².